The van der Waals surface area contributed by atoms with E-state index in [-0.39, 0.29) is 5.91 Å². The number of amides is 1. The summed E-state index contributed by atoms with van der Waals surface area (Å²) in [5.41, 5.74) is -0.483. The van der Waals surface area contributed by atoms with Crippen LogP contribution in [0.2, 0.25) is 0 Å². The van der Waals surface area contributed by atoms with E-state index in [0.29, 0.717) is 5.57 Å². The van der Waals surface area contributed by atoms with Crippen molar-refractivity contribution in [3.63, 3.8) is 0 Å². The molecule has 0 aromatic rings. The lowest BCUT2D eigenvalue weighted by molar-refractivity contribution is -0.118. The molecule has 1 amide bonds. The summed E-state index contributed by atoms with van der Waals surface area (Å²) >= 11 is 0. The lowest BCUT2D eigenvalue weighted by Crippen LogP contribution is -2.42. The Hall–Kier alpha value is -1.82. The van der Waals surface area contributed by atoms with Crippen molar-refractivity contribution >= 4 is 5.91 Å². The molecule has 0 heterocycles. The van der Waals surface area contributed by atoms with E-state index in [4.69, 9.17) is 5.26 Å². The molecule has 0 fully saturated rings. The van der Waals surface area contributed by atoms with Gasteiger partial charge >= 0.3 is 0 Å². The molecule has 0 saturated heterocycles. The molecule has 1 N–H and O–H groups in total. The summed E-state index contributed by atoms with van der Waals surface area (Å²) < 4.78 is 0. The van der Waals surface area contributed by atoms with Gasteiger partial charge in [0.25, 0.3) is 5.91 Å². The van der Waals surface area contributed by atoms with Gasteiger partial charge in [-0.1, -0.05) is 31.4 Å². The fourth-order valence-corrected chi connectivity index (χ4v) is 0.747. The number of hydrogen-bond donors (Lipinski definition) is 1. The van der Waals surface area contributed by atoms with Crippen LogP contribution in [0.3, 0.4) is 0 Å². The minimum absolute atomic E-state index is 0.327. The van der Waals surface area contributed by atoms with Crippen molar-refractivity contribution in [2.24, 2.45) is 0 Å². The van der Waals surface area contributed by atoms with Crippen molar-refractivity contribution in [1.82, 2.24) is 5.32 Å². The minimum atomic E-state index is -0.875. The van der Waals surface area contributed by atoms with Crippen LogP contribution in [0.5, 0.6) is 0 Å². The highest BCUT2D eigenvalue weighted by Crippen LogP contribution is 2.03. The van der Waals surface area contributed by atoms with Gasteiger partial charge in [-0.15, -0.1) is 0 Å². The molecular formula is C11H14N2O. The van der Waals surface area contributed by atoms with Crippen molar-refractivity contribution in [1.29, 1.82) is 5.26 Å². The van der Waals surface area contributed by atoms with Crippen LogP contribution in [0.25, 0.3) is 0 Å². The monoisotopic (exact) mass is 190 g/mol. The van der Waals surface area contributed by atoms with Crippen LogP contribution >= 0.6 is 0 Å². The Bertz CT molecular complexity index is 319. The minimum Gasteiger partial charge on any atom is -0.334 e. The second-order valence-corrected chi connectivity index (χ2v) is 3.25. The van der Waals surface area contributed by atoms with Gasteiger partial charge in [0.1, 0.15) is 5.54 Å². The standard InChI is InChI=1S/C11H14N2O/c1-5-7-9(6-2)10(14)13-11(3,4)8-12/h5-7H,1-2H2,3-4H3,(H,13,14). The van der Waals surface area contributed by atoms with E-state index in [0.717, 1.165) is 0 Å². The Labute approximate surface area is 84.4 Å². The molecule has 3 nitrogen and oxygen atoms in total. The summed E-state index contributed by atoms with van der Waals surface area (Å²) in [4.78, 5) is 11.5. The second-order valence-electron chi connectivity index (χ2n) is 3.25. The van der Waals surface area contributed by atoms with Crippen molar-refractivity contribution in [2.75, 3.05) is 0 Å². The predicted molar refractivity (Wildman–Crippen MR) is 56.3 cm³/mol. The first-order chi connectivity index (χ1) is 6.46. The average molecular weight is 190 g/mol. The van der Waals surface area contributed by atoms with Crippen LogP contribution in [0.4, 0.5) is 0 Å². The van der Waals surface area contributed by atoms with Crippen molar-refractivity contribution in [2.45, 2.75) is 19.4 Å². The molecule has 0 aromatic carbocycles. The zero-order valence-corrected chi connectivity index (χ0v) is 8.50. The molecule has 0 rings (SSSR count). The van der Waals surface area contributed by atoms with Crippen LogP contribution in [0.15, 0.2) is 37.0 Å². The number of carbonyl (C=O) groups is 1. The summed E-state index contributed by atoms with van der Waals surface area (Å²) in [6.45, 7) is 10.2. The van der Waals surface area contributed by atoms with E-state index in [2.05, 4.69) is 18.5 Å². The third-order valence-corrected chi connectivity index (χ3v) is 1.49. The van der Waals surface area contributed by atoms with Crippen LogP contribution in [-0.4, -0.2) is 11.4 Å². The van der Waals surface area contributed by atoms with Crippen molar-refractivity contribution in [3.05, 3.63) is 37.0 Å². The molecule has 74 valence electrons. The van der Waals surface area contributed by atoms with Gasteiger partial charge in [0.15, 0.2) is 0 Å². The highest BCUT2D eigenvalue weighted by molar-refractivity contribution is 5.96. The Morgan fingerprint density at radius 2 is 2.07 bits per heavy atom. The van der Waals surface area contributed by atoms with Crippen LogP contribution in [0.1, 0.15) is 13.8 Å². The maximum Gasteiger partial charge on any atom is 0.252 e. The van der Waals surface area contributed by atoms with E-state index in [9.17, 15) is 4.79 Å². The van der Waals surface area contributed by atoms with E-state index in [1.165, 1.54) is 18.2 Å². The number of rotatable bonds is 4. The van der Waals surface area contributed by atoms with Gasteiger partial charge in [-0.2, -0.15) is 5.26 Å². The fourth-order valence-electron chi connectivity index (χ4n) is 0.747. The maximum atomic E-state index is 11.5. The summed E-state index contributed by atoms with van der Waals surface area (Å²) in [5, 5.41) is 11.3. The lowest BCUT2D eigenvalue weighted by Gasteiger charge is -2.17. The predicted octanol–water partition coefficient (Wildman–Crippen LogP) is 1.70. The van der Waals surface area contributed by atoms with Gasteiger partial charge < -0.3 is 5.32 Å². The topological polar surface area (TPSA) is 52.9 Å². The van der Waals surface area contributed by atoms with Crippen LogP contribution < -0.4 is 5.32 Å². The van der Waals surface area contributed by atoms with Gasteiger partial charge in [0, 0.05) is 5.57 Å². The molecule has 0 aliphatic carbocycles. The fraction of sp³-hybridized carbons (Fsp3) is 0.273. The molecule has 0 unspecified atom stereocenters. The number of nitrogens with zero attached hydrogens (tertiary/aromatic N) is 1. The molecule has 0 saturated carbocycles. The molecule has 0 aromatic heterocycles. The zero-order valence-electron chi connectivity index (χ0n) is 8.50. The molecule has 0 spiro atoms. The maximum absolute atomic E-state index is 11.5. The third-order valence-electron chi connectivity index (χ3n) is 1.49. The van der Waals surface area contributed by atoms with Gasteiger partial charge in [0.05, 0.1) is 6.07 Å². The highest BCUT2D eigenvalue weighted by Gasteiger charge is 2.19. The van der Waals surface area contributed by atoms with Gasteiger partial charge in [-0.3, -0.25) is 4.79 Å². The van der Waals surface area contributed by atoms with Crippen LogP contribution in [0, 0.1) is 11.3 Å². The van der Waals surface area contributed by atoms with Gasteiger partial charge in [-0.05, 0) is 13.8 Å². The zero-order chi connectivity index (χ0) is 11.2. The highest BCUT2D eigenvalue weighted by atomic mass is 16.1. The van der Waals surface area contributed by atoms with E-state index < -0.39 is 5.54 Å². The Morgan fingerprint density at radius 3 is 2.43 bits per heavy atom. The summed E-state index contributed by atoms with van der Waals surface area (Å²) in [6, 6.07) is 1.97. The van der Waals surface area contributed by atoms with Crippen molar-refractivity contribution < 1.29 is 4.79 Å². The SMILES string of the molecule is C=CC=C(C=C)C(=O)NC(C)(C)C#N. The quantitative estimate of drug-likeness (QED) is 0.542. The molecule has 0 aliphatic rings. The van der Waals surface area contributed by atoms with Crippen molar-refractivity contribution in [3.8, 4) is 6.07 Å². The smallest absolute Gasteiger partial charge is 0.252 e. The Kier molecular flexibility index (Phi) is 4.37. The van der Waals surface area contributed by atoms with Gasteiger partial charge in [0.2, 0.25) is 0 Å². The largest absolute Gasteiger partial charge is 0.334 e. The molecular weight excluding hydrogens is 176 g/mol. The second kappa shape index (κ2) is 5.03. The summed E-state index contributed by atoms with van der Waals surface area (Å²) in [5.74, 6) is -0.327. The van der Waals surface area contributed by atoms with E-state index in [1.54, 1.807) is 13.8 Å². The molecule has 0 atom stereocenters. The summed E-state index contributed by atoms with van der Waals surface area (Å²) in [6.07, 6.45) is 4.45. The Balaban J connectivity index is 4.66. The number of nitrogens with one attached hydrogen (secondary N) is 1. The third kappa shape index (κ3) is 3.72. The number of nitriles is 1. The average Bonchev–Trinajstić information content (AvgIpc) is 2.13. The van der Waals surface area contributed by atoms with E-state index >= 15 is 0 Å². The summed E-state index contributed by atoms with van der Waals surface area (Å²) in [7, 11) is 0. The normalized spacial score (nSPS) is 11.4. The first kappa shape index (κ1) is 12.2. The Morgan fingerprint density at radius 1 is 1.50 bits per heavy atom. The molecule has 14 heavy (non-hydrogen) atoms. The lowest BCUT2D eigenvalue weighted by atomic mass is 10.1. The van der Waals surface area contributed by atoms with Crippen LogP contribution in [-0.2, 0) is 4.79 Å². The molecule has 0 bridgehead atoms. The molecule has 3 heteroatoms. The van der Waals surface area contributed by atoms with E-state index in [1.807, 2.05) is 6.07 Å². The van der Waals surface area contributed by atoms with Gasteiger partial charge in [-0.25, -0.2) is 0 Å². The number of hydrogen-bond acceptors (Lipinski definition) is 2. The number of carbonyl (C=O) groups excluding carboxylic acids is 1. The first-order valence-corrected chi connectivity index (χ1v) is 4.15. The molecule has 0 radical (unpaired) electrons. The molecule has 0 aliphatic heterocycles. The first-order valence-electron chi connectivity index (χ1n) is 4.15. The number of allylic oxidation sites excluding steroid dienone is 2.